The minimum Gasteiger partial charge on any atom is -0.356 e. The Hall–Kier alpha value is -2.24. The first kappa shape index (κ1) is 18.5. The van der Waals surface area contributed by atoms with Gasteiger partial charge in [0, 0.05) is 36.1 Å². The van der Waals surface area contributed by atoms with Gasteiger partial charge in [-0.15, -0.1) is 0 Å². The van der Waals surface area contributed by atoms with Gasteiger partial charge in [0.1, 0.15) is 5.69 Å². The molecule has 2 aromatic heterocycles. The summed E-state index contributed by atoms with van der Waals surface area (Å²) < 4.78 is 1.93. The van der Waals surface area contributed by atoms with Crippen molar-refractivity contribution in [2.45, 2.75) is 26.9 Å². The van der Waals surface area contributed by atoms with Gasteiger partial charge in [-0.2, -0.15) is 5.10 Å². The zero-order chi connectivity index (χ0) is 18.8. The summed E-state index contributed by atoms with van der Waals surface area (Å²) in [6.45, 7) is 5.02. The lowest BCUT2D eigenvalue weighted by Gasteiger charge is -2.17. The fourth-order valence-electron chi connectivity index (χ4n) is 2.91. The van der Waals surface area contributed by atoms with Crippen LogP contribution in [0.25, 0.3) is 0 Å². The average Bonchev–Trinajstić information content (AvgIpc) is 3.15. The third-order valence-corrected chi connectivity index (χ3v) is 5.02. The van der Waals surface area contributed by atoms with Crippen LogP contribution in [0.3, 0.4) is 0 Å². The summed E-state index contributed by atoms with van der Waals surface area (Å²) in [5, 5.41) is 5.86. The van der Waals surface area contributed by atoms with Gasteiger partial charge in [0.05, 0.1) is 17.3 Å². The number of hydrogen-bond donors (Lipinski definition) is 1. The van der Waals surface area contributed by atoms with E-state index >= 15 is 0 Å². The Kier molecular flexibility index (Phi) is 5.39. The van der Waals surface area contributed by atoms with Gasteiger partial charge in [-0.25, -0.2) is 0 Å². The summed E-state index contributed by atoms with van der Waals surface area (Å²) in [5.41, 5.74) is 4.43. The summed E-state index contributed by atoms with van der Waals surface area (Å²) in [7, 11) is 1.77. The van der Waals surface area contributed by atoms with E-state index in [1.807, 2.05) is 42.8 Å². The second-order valence-electron chi connectivity index (χ2n) is 6.29. The number of carbonyl (C=O) groups is 1. The van der Waals surface area contributed by atoms with Gasteiger partial charge >= 0.3 is 0 Å². The van der Waals surface area contributed by atoms with Gasteiger partial charge in [0.2, 0.25) is 0 Å². The number of nitrogens with zero attached hydrogens (tertiary/aromatic N) is 3. The van der Waals surface area contributed by atoms with Crippen molar-refractivity contribution >= 4 is 29.1 Å². The predicted octanol–water partition coefficient (Wildman–Crippen LogP) is 4.46. The Labute approximate surface area is 162 Å². The van der Waals surface area contributed by atoms with E-state index in [2.05, 4.69) is 10.1 Å². The van der Waals surface area contributed by atoms with Gasteiger partial charge in [-0.05, 0) is 31.5 Å². The van der Waals surface area contributed by atoms with Crippen LogP contribution >= 0.6 is 23.2 Å². The second-order valence-corrected chi connectivity index (χ2v) is 7.13. The molecule has 0 unspecified atom stereocenters. The first-order chi connectivity index (χ1) is 12.4. The van der Waals surface area contributed by atoms with E-state index in [4.69, 9.17) is 23.2 Å². The number of aromatic amines is 1. The molecular weight excluding hydrogens is 371 g/mol. The molecule has 0 spiro atoms. The Balaban J connectivity index is 1.79. The molecular formula is C19H20Cl2N4O. The zero-order valence-corrected chi connectivity index (χ0v) is 16.4. The number of amides is 1. The third-order valence-electron chi connectivity index (χ3n) is 4.43. The van der Waals surface area contributed by atoms with E-state index in [1.165, 1.54) is 0 Å². The van der Waals surface area contributed by atoms with Gasteiger partial charge in [0.15, 0.2) is 0 Å². The molecule has 3 aromatic rings. The molecule has 0 aliphatic rings. The fraction of sp³-hybridized carbons (Fsp3) is 0.263. The highest BCUT2D eigenvalue weighted by Crippen LogP contribution is 2.21. The Bertz CT molecular complexity index is 945. The molecule has 0 aliphatic heterocycles. The number of nitrogens with one attached hydrogen (secondary N) is 1. The van der Waals surface area contributed by atoms with Crippen LogP contribution in [0.2, 0.25) is 10.0 Å². The van der Waals surface area contributed by atoms with Crippen LogP contribution in [0, 0.1) is 13.8 Å². The smallest absolute Gasteiger partial charge is 0.270 e. The molecule has 0 fully saturated rings. The molecule has 2 heterocycles. The maximum absolute atomic E-state index is 12.5. The lowest BCUT2D eigenvalue weighted by molar-refractivity contribution is 0.0779. The standard InChI is InChI=1S/C19H20Cl2N4O/c1-12-16(11-24(3)19(26)18-8-15(20)9-22-18)13(2)25(23-12)10-14-6-4-5-7-17(14)21/h4-9,22H,10-11H2,1-3H3. The molecule has 0 atom stereocenters. The molecule has 0 saturated heterocycles. The van der Waals surface area contributed by atoms with E-state index in [0.717, 1.165) is 27.5 Å². The average molecular weight is 391 g/mol. The molecule has 0 radical (unpaired) electrons. The summed E-state index contributed by atoms with van der Waals surface area (Å²) in [5.74, 6) is -0.116. The van der Waals surface area contributed by atoms with Crippen LogP contribution < -0.4 is 0 Å². The molecule has 1 aromatic carbocycles. The zero-order valence-electron chi connectivity index (χ0n) is 14.9. The largest absolute Gasteiger partial charge is 0.356 e. The van der Waals surface area contributed by atoms with Crippen LogP contribution in [-0.2, 0) is 13.1 Å². The van der Waals surface area contributed by atoms with Crippen molar-refractivity contribution in [3.05, 3.63) is 74.8 Å². The second kappa shape index (κ2) is 7.56. The number of benzene rings is 1. The van der Waals surface area contributed by atoms with Crippen molar-refractivity contribution in [1.82, 2.24) is 19.7 Å². The number of aryl methyl sites for hydroxylation is 1. The summed E-state index contributed by atoms with van der Waals surface area (Å²) >= 11 is 12.1. The maximum atomic E-state index is 12.5. The van der Waals surface area contributed by atoms with E-state index in [9.17, 15) is 4.79 Å². The summed E-state index contributed by atoms with van der Waals surface area (Å²) in [6, 6.07) is 9.36. The Morgan fingerprint density at radius 1 is 1.27 bits per heavy atom. The lowest BCUT2D eigenvalue weighted by Crippen LogP contribution is -2.27. The van der Waals surface area contributed by atoms with Crippen LogP contribution in [0.15, 0.2) is 36.5 Å². The third kappa shape index (κ3) is 3.79. The highest BCUT2D eigenvalue weighted by molar-refractivity contribution is 6.31. The van der Waals surface area contributed by atoms with Crippen molar-refractivity contribution < 1.29 is 4.79 Å². The Morgan fingerprint density at radius 3 is 2.65 bits per heavy atom. The van der Waals surface area contributed by atoms with Gasteiger partial charge in [-0.1, -0.05) is 41.4 Å². The maximum Gasteiger partial charge on any atom is 0.270 e. The van der Waals surface area contributed by atoms with Gasteiger partial charge in [-0.3, -0.25) is 9.48 Å². The highest BCUT2D eigenvalue weighted by Gasteiger charge is 2.19. The van der Waals surface area contributed by atoms with E-state index in [1.54, 1.807) is 24.2 Å². The van der Waals surface area contributed by atoms with Crippen LogP contribution in [0.5, 0.6) is 0 Å². The monoisotopic (exact) mass is 390 g/mol. The Morgan fingerprint density at radius 2 is 2.00 bits per heavy atom. The molecule has 5 nitrogen and oxygen atoms in total. The molecule has 1 amide bonds. The van der Waals surface area contributed by atoms with Crippen molar-refractivity contribution in [2.24, 2.45) is 0 Å². The number of rotatable bonds is 5. The number of carbonyl (C=O) groups excluding carboxylic acids is 1. The van der Waals surface area contributed by atoms with Gasteiger partial charge in [0.25, 0.3) is 5.91 Å². The summed E-state index contributed by atoms with van der Waals surface area (Å²) in [4.78, 5) is 17.1. The molecule has 26 heavy (non-hydrogen) atoms. The van der Waals surface area contributed by atoms with Crippen LogP contribution in [0.4, 0.5) is 0 Å². The first-order valence-electron chi connectivity index (χ1n) is 8.22. The van der Waals surface area contributed by atoms with Crippen molar-refractivity contribution in [1.29, 1.82) is 0 Å². The van der Waals surface area contributed by atoms with Crippen molar-refractivity contribution in [2.75, 3.05) is 7.05 Å². The van der Waals surface area contributed by atoms with E-state index < -0.39 is 0 Å². The lowest BCUT2D eigenvalue weighted by atomic mass is 10.1. The van der Waals surface area contributed by atoms with E-state index in [-0.39, 0.29) is 5.91 Å². The molecule has 0 saturated carbocycles. The molecule has 1 N–H and O–H groups in total. The quantitative estimate of drug-likeness (QED) is 0.699. The summed E-state index contributed by atoms with van der Waals surface area (Å²) in [6.07, 6.45) is 1.60. The minimum absolute atomic E-state index is 0.116. The van der Waals surface area contributed by atoms with Crippen LogP contribution in [-0.4, -0.2) is 32.6 Å². The molecule has 0 aliphatic carbocycles. The first-order valence-corrected chi connectivity index (χ1v) is 8.98. The molecule has 0 bridgehead atoms. The number of H-pyrrole nitrogens is 1. The normalized spacial score (nSPS) is 11.0. The number of halogens is 2. The van der Waals surface area contributed by atoms with E-state index in [0.29, 0.717) is 23.8 Å². The number of aromatic nitrogens is 3. The minimum atomic E-state index is -0.116. The SMILES string of the molecule is Cc1nn(Cc2ccccc2Cl)c(C)c1CN(C)C(=O)c1cc(Cl)c[nH]1. The molecule has 3 rings (SSSR count). The van der Waals surface area contributed by atoms with Crippen LogP contribution in [0.1, 0.15) is 33.0 Å². The predicted molar refractivity (Wildman–Crippen MR) is 104 cm³/mol. The molecule has 136 valence electrons. The van der Waals surface area contributed by atoms with Gasteiger partial charge < -0.3 is 9.88 Å². The van der Waals surface area contributed by atoms with Crippen molar-refractivity contribution in [3.63, 3.8) is 0 Å². The highest BCUT2D eigenvalue weighted by atomic mass is 35.5. The molecule has 7 heteroatoms. The number of hydrogen-bond acceptors (Lipinski definition) is 2. The fourth-order valence-corrected chi connectivity index (χ4v) is 3.27. The topological polar surface area (TPSA) is 53.9 Å². The van der Waals surface area contributed by atoms with Crippen molar-refractivity contribution in [3.8, 4) is 0 Å².